The Morgan fingerprint density at radius 1 is 1.78 bits per heavy atom. The summed E-state index contributed by atoms with van der Waals surface area (Å²) < 4.78 is 0. The Morgan fingerprint density at radius 3 is 2.89 bits per heavy atom. The van der Waals surface area contributed by atoms with Gasteiger partial charge in [-0.05, 0) is 13.3 Å². The normalized spacial score (nSPS) is 9.89. The van der Waals surface area contributed by atoms with E-state index in [1.165, 1.54) is 0 Å². The van der Waals surface area contributed by atoms with E-state index in [4.69, 9.17) is 5.73 Å². The van der Waals surface area contributed by atoms with Gasteiger partial charge in [-0.3, -0.25) is 0 Å². The van der Waals surface area contributed by atoms with Gasteiger partial charge < -0.3 is 5.32 Å². The van der Waals surface area contributed by atoms with E-state index < -0.39 is 6.03 Å². The Bertz CT molecular complexity index is 110. The Kier molecular flexibility index (Phi) is 4.59. The van der Waals surface area contributed by atoms with Crippen molar-refractivity contribution in [3.05, 3.63) is 12.2 Å². The van der Waals surface area contributed by atoms with Crippen molar-refractivity contribution in [2.75, 3.05) is 6.54 Å². The number of hydrogen-bond donors (Lipinski definition) is 1. The molecular weight excluding hydrogens is 116 g/mol. The smallest absolute Gasteiger partial charge is 0.333 e. The largest absolute Gasteiger partial charge is 0.336 e. The van der Waals surface area contributed by atoms with Crippen molar-refractivity contribution in [2.24, 2.45) is 0 Å². The lowest BCUT2D eigenvalue weighted by Crippen LogP contribution is -2.22. The Balaban J connectivity index is 3.01. The maximum absolute atomic E-state index is 9.94. The van der Waals surface area contributed by atoms with Crippen LogP contribution < -0.4 is 11.1 Å². The molecule has 0 aliphatic rings. The SMILES string of the molecule is CC=CCCNC([NH])=O. The highest BCUT2D eigenvalue weighted by atomic mass is 16.2. The standard InChI is InChI=1S/C6H11N2O/c1-2-3-4-5-8-6(7)9/h2-3,7H,4-5H2,1H3,(H,8,9). The third kappa shape index (κ3) is 7.01. The van der Waals surface area contributed by atoms with Gasteiger partial charge in [0.05, 0.1) is 0 Å². The summed E-state index contributed by atoms with van der Waals surface area (Å²) in [5, 5.41) is 2.36. The fourth-order valence-electron chi connectivity index (χ4n) is 0.436. The van der Waals surface area contributed by atoms with Crippen molar-refractivity contribution < 1.29 is 4.79 Å². The maximum Gasteiger partial charge on any atom is 0.333 e. The molecule has 0 heterocycles. The van der Waals surface area contributed by atoms with Gasteiger partial charge in [0.25, 0.3) is 0 Å². The van der Waals surface area contributed by atoms with E-state index in [9.17, 15) is 4.79 Å². The van der Waals surface area contributed by atoms with Crippen molar-refractivity contribution in [1.29, 1.82) is 0 Å². The average Bonchev–Trinajstić information content (AvgIpc) is 1.80. The second-order valence-corrected chi connectivity index (χ2v) is 1.61. The molecule has 51 valence electrons. The van der Waals surface area contributed by atoms with Gasteiger partial charge in [0.15, 0.2) is 0 Å². The summed E-state index contributed by atoms with van der Waals surface area (Å²) in [5.74, 6) is 0. The molecule has 1 radical (unpaired) electrons. The fourth-order valence-corrected chi connectivity index (χ4v) is 0.436. The molecule has 0 aromatic rings. The first-order valence-corrected chi connectivity index (χ1v) is 2.88. The monoisotopic (exact) mass is 127 g/mol. The molecular formula is C6H11N2O. The van der Waals surface area contributed by atoms with Gasteiger partial charge in [-0.25, -0.2) is 10.5 Å². The van der Waals surface area contributed by atoms with E-state index in [1.807, 2.05) is 19.1 Å². The van der Waals surface area contributed by atoms with Gasteiger partial charge in [-0.15, -0.1) is 0 Å². The summed E-state index contributed by atoms with van der Waals surface area (Å²) in [5.41, 5.74) is 6.44. The summed E-state index contributed by atoms with van der Waals surface area (Å²) >= 11 is 0. The number of carbonyl (C=O) groups is 1. The first-order chi connectivity index (χ1) is 4.27. The lowest BCUT2D eigenvalue weighted by atomic mass is 10.4. The molecule has 2 N–H and O–H groups in total. The maximum atomic E-state index is 9.94. The molecule has 0 spiro atoms. The van der Waals surface area contributed by atoms with E-state index >= 15 is 0 Å². The number of rotatable bonds is 3. The van der Waals surface area contributed by atoms with Crippen molar-refractivity contribution in [2.45, 2.75) is 13.3 Å². The highest BCUT2D eigenvalue weighted by Crippen LogP contribution is 1.77. The van der Waals surface area contributed by atoms with Crippen LogP contribution in [0.3, 0.4) is 0 Å². The van der Waals surface area contributed by atoms with Crippen LogP contribution >= 0.6 is 0 Å². The average molecular weight is 127 g/mol. The van der Waals surface area contributed by atoms with Gasteiger partial charge >= 0.3 is 6.03 Å². The zero-order valence-electron chi connectivity index (χ0n) is 5.48. The third-order valence-corrected chi connectivity index (χ3v) is 0.832. The van der Waals surface area contributed by atoms with E-state index in [1.54, 1.807) is 0 Å². The van der Waals surface area contributed by atoms with Crippen LogP contribution in [0.4, 0.5) is 4.79 Å². The van der Waals surface area contributed by atoms with Crippen molar-refractivity contribution in [3.63, 3.8) is 0 Å². The van der Waals surface area contributed by atoms with Crippen LogP contribution in [0.15, 0.2) is 12.2 Å². The molecule has 0 saturated heterocycles. The van der Waals surface area contributed by atoms with E-state index in [-0.39, 0.29) is 0 Å². The van der Waals surface area contributed by atoms with Crippen LogP contribution in [0.5, 0.6) is 0 Å². The molecule has 0 aliphatic carbocycles. The molecule has 3 nitrogen and oxygen atoms in total. The third-order valence-electron chi connectivity index (χ3n) is 0.832. The molecule has 0 aromatic heterocycles. The van der Waals surface area contributed by atoms with Crippen LogP contribution in [0.25, 0.3) is 0 Å². The molecule has 0 aliphatic heterocycles. The highest BCUT2D eigenvalue weighted by Gasteiger charge is 1.86. The number of hydrogen-bond acceptors (Lipinski definition) is 1. The molecule has 9 heavy (non-hydrogen) atoms. The minimum absolute atomic E-state index is 0.562. The quantitative estimate of drug-likeness (QED) is 0.445. The Labute approximate surface area is 54.9 Å². The van der Waals surface area contributed by atoms with E-state index in [2.05, 4.69) is 5.32 Å². The zero-order valence-corrected chi connectivity index (χ0v) is 5.48. The van der Waals surface area contributed by atoms with Crippen LogP contribution in [-0.2, 0) is 0 Å². The molecule has 0 aromatic carbocycles. The van der Waals surface area contributed by atoms with Gasteiger partial charge in [-0.2, -0.15) is 0 Å². The molecule has 0 atom stereocenters. The van der Waals surface area contributed by atoms with Gasteiger partial charge in [0, 0.05) is 6.54 Å². The Morgan fingerprint density at radius 2 is 2.44 bits per heavy atom. The second-order valence-electron chi connectivity index (χ2n) is 1.61. The molecule has 0 unspecified atom stereocenters. The topological polar surface area (TPSA) is 52.9 Å². The minimum Gasteiger partial charge on any atom is -0.336 e. The van der Waals surface area contributed by atoms with Gasteiger partial charge in [0.2, 0.25) is 0 Å². The lowest BCUT2D eigenvalue weighted by molar-refractivity contribution is 0.248. The summed E-state index contributed by atoms with van der Waals surface area (Å²) in [4.78, 5) is 9.94. The fraction of sp³-hybridized carbons (Fsp3) is 0.500. The Hall–Kier alpha value is -0.990. The number of amides is 2. The summed E-state index contributed by atoms with van der Waals surface area (Å²) in [7, 11) is 0. The van der Waals surface area contributed by atoms with E-state index in [0.29, 0.717) is 6.54 Å². The number of allylic oxidation sites excluding steroid dienone is 1. The molecule has 0 rings (SSSR count). The number of carbonyl (C=O) groups excluding carboxylic acids is 1. The second kappa shape index (κ2) is 5.15. The summed E-state index contributed by atoms with van der Waals surface area (Å²) in [6, 6.07) is -0.709. The van der Waals surface area contributed by atoms with E-state index in [0.717, 1.165) is 6.42 Å². The van der Waals surface area contributed by atoms with Crippen LogP contribution in [-0.4, -0.2) is 12.6 Å². The minimum atomic E-state index is -0.709. The summed E-state index contributed by atoms with van der Waals surface area (Å²) in [6.07, 6.45) is 4.66. The van der Waals surface area contributed by atoms with Crippen LogP contribution in [0.2, 0.25) is 0 Å². The predicted molar refractivity (Wildman–Crippen MR) is 35.9 cm³/mol. The van der Waals surface area contributed by atoms with Crippen molar-refractivity contribution in [1.82, 2.24) is 11.1 Å². The number of nitrogens with one attached hydrogen (secondary N) is 2. The lowest BCUT2D eigenvalue weighted by Gasteiger charge is -1.93. The summed E-state index contributed by atoms with van der Waals surface area (Å²) in [6.45, 7) is 2.48. The van der Waals surface area contributed by atoms with Crippen LogP contribution in [0.1, 0.15) is 13.3 Å². The molecule has 0 bridgehead atoms. The van der Waals surface area contributed by atoms with Gasteiger partial charge in [-0.1, -0.05) is 12.2 Å². The first-order valence-electron chi connectivity index (χ1n) is 2.88. The van der Waals surface area contributed by atoms with Crippen molar-refractivity contribution >= 4 is 6.03 Å². The molecule has 0 fully saturated rings. The van der Waals surface area contributed by atoms with Gasteiger partial charge in [0.1, 0.15) is 0 Å². The first kappa shape index (κ1) is 8.01. The molecule has 0 saturated carbocycles. The number of urea groups is 1. The highest BCUT2D eigenvalue weighted by molar-refractivity contribution is 5.70. The molecule has 2 amide bonds. The van der Waals surface area contributed by atoms with Crippen molar-refractivity contribution in [3.8, 4) is 0 Å². The zero-order chi connectivity index (χ0) is 7.11. The van der Waals surface area contributed by atoms with Crippen LogP contribution in [0, 0.1) is 0 Å². The molecule has 3 heteroatoms. The predicted octanol–water partition coefficient (Wildman–Crippen LogP) is 0.945.